The molecule has 8 nitrogen and oxygen atoms in total. The molecule has 0 aliphatic heterocycles. The van der Waals surface area contributed by atoms with Crippen LogP contribution in [-0.4, -0.2) is 38.5 Å². The quantitative estimate of drug-likeness (QED) is 0.304. The summed E-state index contributed by atoms with van der Waals surface area (Å²) in [6.45, 7) is 3.68. The Morgan fingerprint density at radius 2 is 1.73 bits per heavy atom. The number of halogens is 1. The number of carbonyl (C=O) groups is 2. The topological polar surface area (TPSA) is 98.0 Å². The fourth-order valence-corrected chi connectivity index (χ4v) is 6.59. The van der Waals surface area contributed by atoms with Crippen molar-refractivity contribution in [3.63, 3.8) is 0 Å². The maximum Gasteiger partial charge on any atom is 0.325 e. The summed E-state index contributed by atoms with van der Waals surface area (Å²) in [5.41, 5.74) is 2.20. The Hall–Kier alpha value is -3.47. The average Bonchev–Trinajstić information content (AvgIpc) is 3.24. The van der Waals surface area contributed by atoms with Crippen molar-refractivity contribution in [3.8, 4) is 0 Å². The summed E-state index contributed by atoms with van der Waals surface area (Å²) in [5.74, 6) is -1.07. The molecule has 11 heteroatoms. The molecule has 3 aromatic carbocycles. The molecule has 1 heterocycles. The number of amides is 1. The Bertz CT molecular complexity index is 1640. The first-order chi connectivity index (χ1) is 17.7. The van der Waals surface area contributed by atoms with Crippen LogP contribution in [0.15, 0.2) is 76.6 Å². The van der Waals surface area contributed by atoms with Crippen LogP contribution in [0.5, 0.6) is 0 Å². The van der Waals surface area contributed by atoms with Crippen LogP contribution in [0.4, 0.5) is 5.69 Å². The first-order valence-electron chi connectivity index (χ1n) is 11.3. The number of esters is 1. The zero-order valence-electron chi connectivity index (χ0n) is 20.3. The lowest BCUT2D eigenvalue weighted by atomic mass is 10.2. The Labute approximate surface area is 223 Å². The molecule has 0 atom stereocenters. The van der Waals surface area contributed by atoms with Crippen LogP contribution in [-0.2, 0) is 26.1 Å². The van der Waals surface area contributed by atoms with Gasteiger partial charge in [0.25, 0.3) is 15.9 Å². The zero-order chi connectivity index (χ0) is 26.7. The van der Waals surface area contributed by atoms with Gasteiger partial charge in [0, 0.05) is 17.1 Å². The van der Waals surface area contributed by atoms with Crippen molar-refractivity contribution in [2.45, 2.75) is 25.3 Å². The van der Waals surface area contributed by atoms with Gasteiger partial charge in [0.1, 0.15) is 6.54 Å². The fraction of sp³-hybridized carbons (Fsp3) is 0.192. The van der Waals surface area contributed by atoms with E-state index in [4.69, 9.17) is 16.3 Å². The van der Waals surface area contributed by atoms with E-state index in [1.54, 1.807) is 47.9 Å². The molecule has 37 heavy (non-hydrogen) atoms. The molecule has 0 saturated carbocycles. The molecule has 0 saturated heterocycles. The Balaban J connectivity index is 1.71. The average molecular weight is 558 g/mol. The number of carbonyl (C=O) groups excluding carboxylic acids is 2. The maximum atomic E-state index is 13.2. The van der Waals surface area contributed by atoms with Gasteiger partial charge in [-0.15, -0.1) is 0 Å². The van der Waals surface area contributed by atoms with E-state index in [0.717, 1.165) is 10.3 Å². The molecule has 0 aliphatic carbocycles. The van der Waals surface area contributed by atoms with Gasteiger partial charge in [0.2, 0.25) is 0 Å². The van der Waals surface area contributed by atoms with Crippen molar-refractivity contribution in [2.24, 2.45) is 4.99 Å². The molecular weight excluding hydrogens is 534 g/mol. The summed E-state index contributed by atoms with van der Waals surface area (Å²) < 4.78 is 35.0. The Kier molecular flexibility index (Phi) is 7.82. The summed E-state index contributed by atoms with van der Waals surface area (Å²) in [7, 11) is -2.55. The van der Waals surface area contributed by atoms with Crippen molar-refractivity contribution < 1.29 is 22.7 Å². The Morgan fingerprint density at radius 3 is 2.35 bits per heavy atom. The summed E-state index contributed by atoms with van der Waals surface area (Å²) in [4.78, 5) is 29.7. The summed E-state index contributed by atoms with van der Waals surface area (Å²) >= 11 is 7.53. The highest BCUT2D eigenvalue weighted by molar-refractivity contribution is 7.92. The predicted molar refractivity (Wildman–Crippen MR) is 145 cm³/mol. The van der Waals surface area contributed by atoms with Crippen LogP contribution in [0.1, 0.15) is 22.8 Å². The third-order valence-corrected chi connectivity index (χ3v) is 9.13. The molecule has 4 aromatic rings. The summed E-state index contributed by atoms with van der Waals surface area (Å²) in [6, 6.07) is 18.0. The largest absolute Gasteiger partial charge is 0.468 e. The number of thiazole rings is 1. The van der Waals surface area contributed by atoms with E-state index in [2.05, 4.69) is 4.99 Å². The number of anilines is 1. The van der Waals surface area contributed by atoms with E-state index in [9.17, 15) is 18.0 Å². The molecule has 0 spiro atoms. The third kappa shape index (κ3) is 5.31. The standard InChI is InChI=1S/C26H24ClN3O5S2/c1-4-30(19-8-6-5-7-9-19)37(33,34)20-12-10-18(11-13-20)25(32)28-26-29(16-23(31)35-3)24-17(2)21(27)14-15-22(24)36-26/h5-15H,4,16H2,1-3H3. The van der Waals surface area contributed by atoms with Crippen molar-refractivity contribution >= 4 is 60.7 Å². The minimum absolute atomic E-state index is 0.0580. The lowest BCUT2D eigenvalue weighted by Crippen LogP contribution is -2.30. The lowest BCUT2D eigenvalue weighted by Gasteiger charge is -2.22. The van der Waals surface area contributed by atoms with Gasteiger partial charge in [-0.2, -0.15) is 4.99 Å². The molecule has 0 aliphatic rings. The van der Waals surface area contributed by atoms with Crippen LogP contribution < -0.4 is 9.11 Å². The number of sulfonamides is 1. The number of fused-ring (bicyclic) bond motifs is 1. The Morgan fingerprint density at radius 1 is 1.05 bits per heavy atom. The number of hydrogen-bond donors (Lipinski definition) is 0. The van der Waals surface area contributed by atoms with Gasteiger partial charge in [-0.3, -0.25) is 13.9 Å². The van der Waals surface area contributed by atoms with E-state index in [-0.39, 0.29) is 23.5 Å². The molecule has 0 radical (unpaired) electrons. The van der Waals surface area contributed by atoms with Crippen LogP contribution in [0.2, 0.25) is 5.02 Å². The molecule has 1 aromatic heterocycles. The molecule has 0 N–H and O–H groups in total. The SMILES string of the molecule is CCN(c1ccccc1)S(=O)(=O)c1ccc(C(=O)N=c2sc3ccc(Cl)c(C)c3n2CC(=O)OC)cc1. The molecule has 192 valence electrons. The third-order valence-electron chi connectivity index (χ3n) is 5.76. The van der Waals surface area contributed by atoms with Crippen molar-refractivity contribution in [2.75, 3.05) is 18.0 Å². The van der Waals surface area contributed by atoms with Crippen LogP contribution >= 0.6 is 22.9 Å². The molecule has 0 bridgehead atoms. The van der Waals surface area contributed by atoms with Gasteiger partial charge in [-0.1, -0.05) is 41.1 Å². The lowest BCUT2D eigenvalue weighted by molar-refractivity contribution is -0.141. The van der Waals surface area contributed by atoms with Crippen LogP contribution in [0.3, 0.4) is 0 Å². The number of rotatable bonds is 7. The molecule has 1 amide bonds. The molecule has 4 rings (SSSR count). The van der Waals surface area contributed by atoms with Gasteiger partial charge in [0.15, 0.2) is 4.80 Å². The number of ether oxygens (including phenoxy) is 1. The van der Waals surface area contributed by atoms with Crippen molar-refractivity contribution in [1.82, 2.24) is 4.57 Å². The summed E-state index contributed by atoms with van der Waals surface area (Å²) in [5, 5.41) is 0.523. The first kappa shape index (κ1) is 26.6. The number of aromatic nitrogens is 1. The molecular formula is C26H24ClN3O5S2. The van der Waals surface area contributed by atoms with Crippen molar-refractivity contribution in [1.29, 1.82) is 0 Å². The minimum Gasteiger partial charge on any atom is -0.468 e. The number of aryl methyl sites for hydroxylation is 1. The predicted octanol–water partition coefficient (Wildman–Crippen LogP) is 4.79. The van der Waals surface area contributed by atoms with E-state index in [1.165, 1.54) is 47.0 Å². The second-order valence-electron chi connectivity index (χ2n) is 8.01. The van der Waals surface area contributed by atoms with E-state index >= 15 is 0 Å². The van der Waals surface area contributed by atoms with E-state index < -0.39 is 21.9 Å². The summed E-state index contributed by atoms with van der Waals surface area (Å²) in [6.07, 6.45) is 0. The maximum absolute atomic E-state index is 13.2. The normalized spacial score (nSPS) is 12.1. The number of methoxy groups -OCH3 is 1. The highest BCUT2D eigenvalue weighted by Gasteiger charge is 2.24. The van der Waals surface area contributed by atoms with Gasteiger partial charge in [-0.25, -0.2) is 8.42 Å². The highest BCUT2D eigenvalue weighted by Crippen LogP contribution is 2.27. The van der Waals surface area contributed by atoms with E-state index in [0.29, 0.717) is 21.0 Å². The zero-order valence-corrected chi connectivity index (χ0v) is 22.7. The minimum atomic E-state index is -3.83. The van der Waals surface area contributed by atoms with E-state index in [1.807, 2.05) is 13.0 Å². The van der Waals surface area contributed by atoms with Gasteiger partial charge in [0.05, 0.1) is 27.9 Å². The van der Waals surface area contributed by atoms with Crippen LogP contribution in [0.25, 0.3) is 10.2 Å². The number of benzene rings is 3. The monoisotopic (exact) mass is 557 g/mol. The second-order valence-corrected chi connectivity index (χ2v) is 11.3. The fourth-order valence-electron chi connectivity index (χ4n) is 3.87. The highest BCUT2D eigenvalue weighted by atomic mass is 35.5. The number of hydrogen-bond acceptors (Lipinski definition) is 6. The number of nitrogens with zero attached hydrogens (tertiary/aromatic N) is 3. The molecule has 0 unspecified atom stereocenters. The van der Waals surface area contributed by atoms with Gasteiger partial charge in [-0.05, 0) is 67.9 Å². The number of para-hydroxylation sites is 1. The van der Waals surface area contributed by atoms with Gasteiger partial charge >= 0.3 is 5.97 Å². The van der Waals surface area contributed by atoms with Crippen LogP contribution in [0, 0.1) is 6.92 Å². The smallest absolute Gasteiger partial charge is 0.325 e. The second kappa shape index (κ2) is 10.9. The molecule has 0 fully saturated rings. The first-order valence-corrected chi connectivity index (χ1v) is 13.9. The van der Waals surface area contributed by atoms with Gasteiger partial charge < -0.3 is 9.30 Å². The van der Waals surface area contributed by atoms with Crippen molar-refractivity contribution in [3.05, 3.63) is 87.7 Å².